The fraction of sp³-hybridized carbons (Fsp3) is 0.250. The van der Waals surface area contributed by atoms with Crippen LogP contribution in [0.2, 0.25) is 0 Å². The van der Waals surface area contributed by atoms with E-state index >= 15 is 0 Å². The second-order valence-electron chi connectivity index (χ2n) is 2.54. The number of likely N-dealkylation sites (N-methyl/N-ethyl adjacent to an activating group) is 1. The van der Waals surface area contributed by atoms with Crippen molar-refractivity contribution in [2.75, 3.05) is 14.1 Å². The van der Waals surface area contributed by atoms with Crippen molar-refractivity contribution in [1.82, 2.24) is 0 Å². The van der Waals surface area contributed by atoms with Crippen molar-refractivity contribution in [3.8, 4) is 0 Å². The number of amides is 2. The van der Waals surface area contributed by atoms with Crippen LogP contribution >= 0.6 is 0 Å². The molecular weight excluding hydrogens is 165 g/mol. The number of carbonyl (C=O) groups excluding carboxylic acids is 2. The SMILES string of the molecule is C=CC(=O)[N+](C)(C)C(=O)C=C.[NaH]. The first-order valence-corrected chi connectivity index (χ1v) is 3.14. The van der Waals surface area contributed by atoms with E-state index in [1.807, 2.05) is 0 Å². The van der Waals surface area contributed by atoms with Crippen LogP contribution in [0.1, 0.15) is 0 Å². The summed E-state index contributed by atoms with van der Waals surface area (Å²) in [5.41, 5.74) is 0. The van der Waals surface area contributed by atoms with E-state index in [0.717, 1.165) is 12.2 Å². The average Bonchev–Trinajstić information content (AvgIpc) is 2.01. The Labute approximate surface area is 94.6 Å². The Kier molecular flexibility index (Phi) is 6.48. The van der Waals surface area contributed by atoms with Crippen molar-refractivity contribution >= 4 is 41.4 Å². The van der Waals surface area contributed by atoms with Crippen LogP contribution in [0.4, 0.5) is 0 Å². The van der Waals surface area contributed by atoms with Gasteiger partial charge in [0, 0.05) is 12.2 Å². The standard InChI is InChI=1S/C8H12NO2.Na.H/c1-5-7(10)9(3,4)8(11)6-2;;/h5-6H,1-2H2,3-4H3;;/q+1;;. The third-order valence-electron chi connectivity index (χ3n) is 1.45. The summed E-state index contributed by atoms with van der Waals surface area (Å²) < 4.78 is -0.354. The first-order chi connectivity index (χ1) is 4.96. The number of quaternary nitrogens is 1. The van der Waals surface area contributed by atoms with Crippen LogP contribution in [0.5, 0.6) is 0 Å². The molecule has 3 nitrogen and oxygen atoms in total. The van der Waals surface area contributed by atoms with Crippen LogP contribution in [0.3, 0.4) is 0 Å². The molecule has 0 radical (unpaired) electrons. The van der Waals surface area contributed by atoms with Gasteiger partial charge < -0.3 is 0 Å². The molecule has 0 aliphatic heterocycles. The third-order valence-corrected chi connectivity index (χ3v) is 1.45. The van der Waals surface area contributed by atoms with Crippen molar-refractivity contribution in [1.29, 1.82) is 0 Å². The Balaban J connectivity index is 0. The molecule has 2 amide bonds. The van der Waals surface area contributed by atoms with Crippen molar-refractivity contribution < 1.29 is 14.1 Å². The number of imide groups is 1. The zero-order valence-corrected chi connectivity index (χ0v) is 6.83. The van der Waals surface area contributed by atoms with Crippen LogP contribution in [0.25, 0.3) is 0 Å². The number of hydrogen-bond acceptors (Lipinski definition) is 2. The molecule has 62 valence electrons. The van der Waals surface area contributed by atoms with E-state index in [1.54, 1.807) is 0 Å². The van der Waals surface area contributed by atoms with E-state index in [2.05, 4.69) is 13.2 Å². The molecule has 12 heavy (non-hydrogen) atoms. The van der Waals surface area contributed by atoms with E-state index in [0.29, 0.717) is 0 Å². The molecule has 0 atom stereocenters. The Morgan fingerprint density at radius 1 is 1.08 bits per heavy atom. The molecule has 0 aromatic carbocycles. The molecule has 4 heteroatoms. The fourth-order valence-corrected chi connectivity index (χ4v) is 0.565. The van der Waals surface area contributed by atoms with Gasteiger partial charge in [0.05, 0.1) is 14.1 Å². The Hall–Kier alpha value is -0.220. The molecule has 0 N–H and O–H groups in total. The van der Waals surface area contributed by atoms with Gasteiger partial charge in [-0.1, -0.05) is 13.2 Å². The maximum absolute atomic E-state index is 11.0. The molecule has 0 aliphatic rings. The monoisotopic (exact) mass is 178 g/mol. The summed E-state index contributed by atoms with van der Waals surface area (Å²) >= 11 is 0. The summed E-state index contributed by atoms with van der Waals surface area (Å²) in [6.07, 6.45) is 2.25. The molecule has 0 saturated carbocycles. The van der Waals surface area contributed by atoms with E-state index < -0.39 is 0 Å². The van der Waals surface area contributed by atoms with Crippen LogP contribution in [-0.4, -0.2) is 60.0 Å². The topological polar surface area (TPSA) is 34.1 Å². The number of hydrogen-bond donors (Lipinski definition) is 0. The van der Waals surface area contributed by atoms with Gasteiger partial charge in [-0.2, -0.15) is 4.48 Å². The zero-order chi connectivity index (χ0) is 9.07. The Morgan fingerprint density at radius 3 is 1.50 bits per heavy atom. The second-order valence-corrected chi connectivity index (χ2v) is 2.54. The van der Waals surface area contributed by atoms with Gasteiger partial charge in [0.15, 0.2) is 0 Å². The predicted octanol–water partition coefficient (Wildman–Crippen LogP) is -0.161. The number of carbonyl (C=O) groups is 2. The summed E-state index contributed by atoms with van der Waals surface area (Å²) in [6, 6.07) is 0. The van der Waals surface area contributed by atoms with Crippen LogP contribution in [-0.2, 0) is 9.59 Å². The first-order valence-electron chi connectivity index (χ1n) is 3.14. The summed E-state index contributed by atoms with van der Waals surface area (Å²) in [7, 11) is 2.99. The van der Waals surface area contributed by atoms with Crippen molar-refractivity contribution in [2.45, 2.75) is 0 Å². The molecule has 0 aromatic heterocycles. The average molecular weight is 178 g/mol. The number of rotatable bonds is 2. The van der Waals surface area contributed by atoms with Crippen LogP contribution in [0, 0.1) is 0 Å². The van der Waals surface area contributed by atoms with Crippen molar-refractivity contribution in [3.63, 3.8) is 0 Å². The minimum atomic E-state index is -0.354. The van der Waals surface area contributed by atoms with Gasteiger partial charge in [-0.15, -0.1) is 0 Å². The fourth-order valence-electron chi connectivity index (χ4n) is 0.565. The first kappa shape index (κ1) is 14.3. The molecule has 0 spiro atoms. The van der Waals surface area contributed by atoms with Gasteiger partial charge in [0.25, 0.3) is 0 Å². The van der Waals surface area contributed by atoms with Crippen molar-refractivity contribution in [2.24, 2.45) is 0 Å². The van der Waals surface area contributed by atoms with Gasteiger partial charge in [0.1, 0.15) is 0 Å². The molecule has 0 unspecified atom stereocenters. The van der Waals surface area contributed by atoms with E-state index in [4.69, 9.17) is 0 Å². The normalized spacial score (nSPS) is 9.50. The van der Waals surface area contributed by atoms with E-state index in [1.165, 1.54) is 14.1 Å². The van der Waals surface area contributed by atoms with Gasteiger partial charge in [0.2, 0.25) is 0 Å². The van der Waals surface area contributed by atoms with Gasteiger partial charge in [-0.05, 0) is 0 Å². The molecule has 0 rings (SSSR count). The Morgan fingerprint density at radius 2 is 1.33 bits per heavy atom. The molecule has 0 bridgehead atoms. The van der Waals surface area contributed by atoms with Crippen LogP contribution in [0.15, 0.2) is 25.3 Å². The summed E-state index contributed by atoms with van der Waals surface area (Å²) in [4.78, 5) is 22.0. The summed E-state index contributed by atoms with van der Waals surface area (Å²) in [6.45, 7) is 6.58. The molecule has 0 heterocycles. The Bertz CT molecular complexity index is 199. The number of nitrogens with zero attached hydrogens (tertiary/aromatic N) is 1. The minimum absolute atomic E-state index is 0. The van der Waals surface area contributed by atoms with Gasteiger partial charge in [-0.3, -0.25) is 0 Å². The van der Waals surface area contributed by atoms with E-state index in [9.17, 15) is 9.59 Å². The van der Waals surface area contributed by atoms with Crippen molar-refractivity contribution in [3.05, 3.63) is 25.3 Å². The molecule has 0 aromatic rings. The quantitative estimate of drug-likeness (QED) is 0.334. The predicted molar refractivity (Wildman–Crippen MR) is 49.7 cm³/mol. The molecule has 0 fully saturated rings. The summed E-state index contributed by atoms with van der Waals surface area (Å²) in [5.74, 6) is -0.676. The van der Waals surface area contributed by atoms with Crippen LogP contribution < -0.4 is 0 Å². The van der Waals surface area contributed by atoms with E-state index in [-0.39, 0.29) is 45.9 Å². The molecular formula is C8H13NNaO2+. The molecule has 0 aliphatic carbocycles. The summed E-state index contributed by atoms with van der Waals surface area (Å²) in [5, 5.41) is 0. The molecule has 0 saturated heterocycles. The zero-order valence-electron chi connectivity index (χ0n) is 6.83. The van der Waals surface area contributed by atoms with Gasteiger partial charge in [-0.25, -0.2) is 9.59 Å². The van der Waals surface area contributed by atoms with Gasteiger partial charge >= 0.3 is 41.4 Å². The maximum atomic E-state index is 11.0. The second kappa shape index (κ2) is 5.43. The third kappa shape index (κ3) is 3.03.